The van der Waals surface area contributed by atoms with Crippen LogP contribution >= 0.6 is 11.3 Å². The second kappa shape index (κ2) is 7.95. The van der Waals surface area contributed by atoms with Gasteiger partial charge in [-0.15, -0.1) is 11.3 Å². The first-order chi connectivity index (χ1) is 11.6. The van der Waals surface area contributed by atoms with Crippen molar-refractivity contribution in [2.75, 3.05) is 47.0 Å². The van der Waals surface area contributed by atoms with E-state index in [2.05, 4.69) is 22.4 Å². The number of carbonyl (C=O) groups is 1. The Morgan fingerprint density at radius 3 is 2.92 bits per heavy atom. The average Bonchev–Trinajstić information content (AvgIpc) is 3.20. The Morgan fingerprint density at radius 1 is 1.46 bits per heavy atom. The van der Waals surface area contributed by atoms with Gasteiger partial charge in [0.05, 0.1) is 19.3 Å². The number of piperidine rings is 1. The maximum absolute atomic E-state index is 11.5. The molecule has 0 radical (unpaired) electrons. The van der Waals surface area contributed by atoms with Crippen LogP contribution in [0.15, 0.2) is 17.5 Å². The minimum Gasteiger partial charge on any atom is -0.375 e. The lowest BCUT2D eigenvalue weighted by molar-refractivity contribution is -0.134. The number of nitrogens with zero attached hydrogens (tertiary/aromatic N) is 2. The van der Waals surface area contributed by atoms with E-state index in [0.717, 1.165) is 32.7 Å². The van der Waals surface area contributed by atoms with Crippen molar-refractivity contribution in [3.63, 3.8) is 0 Å². The largest absolute Gasteiger partial charge is 0.375 e. The molecule has 2 fully saturated rings. The third-order valence-corrected chi connectivity index (χ3v) is 6.05. The lowest BCUT2D eigenvalue weighted by Gasteiger charge is -2.38. The Kier molecular flexibility index (Phi) is 5.92. The second-order valence-electron chi connectivity index (χ2n) is 7.30. The van der Waals surface area contributed by atoms with Crippen LogP contribution in [-0.2, 0) is 20.8 Å². The molecule has 2 saturated heterocycles. The molecule has 6 heteroatoms. The summed E-state index contributed by atoms with van der Waals surface area (Å²) >= 11 is 1.84. The number of ether oxygens (including phenoxy) is 2. The van der Waals surface area contributed by atoms with Gasteiger partial charge >= 0.3 is 0 Å². The highest BCUT2D eigenvalue weighted by Crippen LogP contribution is 2.42. The van der Waals surface area contributed by atoms with E-state index in [-0.39, 0.29) is 18.6 Å². The number of likely N-dealkylation sites (tertiary alicyclic amines) is 1. The lowest BCUT2D eigenvalue weighted by Crippen LogP contribution is -2.40. The molecule has 0 unspecified atom stereocenters. The quantitative estimate of drug-likeness (QED) is 0.787. The Morgan fingerprint density at radius 2 is 2.25 bits per heavy atom. The minimum absolute atomic E-state index is 0.00426. The standard InChI is InChI=1S/C18H28N2O3S/c1-19(2)17(21)13-22-12-15-10-18(14-23-15)5-7-20(8-6-18)11-16-4-3-9-24-16/h3-4,9,15H,5-8,10-14H2,1-2H3/t15-/m0/s1. The zero-order chi connectivity index (χ0) is 17.0. The molecule has 0 aromatic carbocycles. The normalized spacial score (nSPS) is 23.7. The number of rotatable bonds is 6. The fraction of sp³-hybridized carbons (Fsp3) is 0.722. The van der Waals surface area contributed by atoms with Gasteiger partial charge in [-0.3, -0.25) is 9.69 Å². The van der Waals surface area contributed by atoms with Crippen molar-refractivity contribution in [3.05, 3.63) is 22.4 Å². The molecule has 1 aromatic rings. The van der Waals surface area contributed by atoms with Gasteiger partial charge in [-0.1, -0.05) is 6.07 Å². The molecule has 2 aliphatic heterocycles. The zero-order valence-electron chi connectivity index (χ0n) is 14.7. The molecule has 24 heavy (non-hydrogen) atoms. The van der Waals surface area contributed by atoms with Crippen LogP contribution in [-0.4, -0.2) is 68.8 Å². The highest BCUT2D eigenvalue weighted by atomic mass is 32.1. The number of thiophene rings is 1. The number of hydrogen-bond acceptors (Lipinski definition) is 5. The number of likely N-dealkylation sites (N-methyl/N-ethyl adjacent to an activating group) is 1. The third-order valence-electron chi connectivity index (χ3n) is 5.19. The van der Waals surface area contributed by atoms with Crippen LogP contribution in [0.2, 0.25) is 0 Å². The van der Waals surface area contributed by atoms with Gasteiger partial charge in [0.25, 0.3) is 0 Å². The van der Waals surface area contributed by atoms with E-state index in [9.17, 15) is 4.79 Å². The van der Waals surface area contributed by atoms with Crippen LogP contribution in [0, 0.1) is 5.41 Å². The number of amides is 1. The molecule has 0 N–H and O–H groups in total. The van der Waals surface area contributed by atoms with Crippen LogP contribution < -0.4 is 0 Å². The summed E-state index contributed by atoms with van der Waals surface area (Å²) in [6.45, 7) is 4.89. The van der Waals surface area contributed by atoms with Crippen LogP contribution in [0.4, 0.5) is 0 Å². The predicted octanol–water partition coefficient (Wildman–Crippen LogP) is 2.22. The maximum Gasteiger partial charge on any atom is 0.248 e. The van der Waals surface area contributed by atoms with Crippen molar-refractivity contribution >= 4 is 17.2 Å². The summed E-state index contributed by atoms with van der Waals surface area (Å²) in [5.74, 6) is 0.00426. The van der Waals surface area contributed by atoms with Crippen molar-refractivity contribution in [1.82, 2.24) is 9.80 Å². The molecule has 1 amide bonds. The summed E-state index contributed by atoms with van der Waals surface area (Å²) in [6, 6.07) is 4.35. The molecule has 0 saturated carbocycles. The van der Waals surface area contributed by atoms with E-state index >= 15 is 0 Å². The summed E-state index contributed by atoms with van der Waals surface area (Å²) in [6.07, 6.45) is 3.61. The number of carbonyl (C=O) groups excluding carboxylic acids is 1. The summed E-state index contributed by atoms with van der Waals surface area (Å²) in [4.78, 5) is 17.1. The van der Waals surface area contributed by atoms with E-state index in [1.165, 1.54) is 17.7 Å². The molecule has 0 aliphatic carbocycles. The van der Waals surface area contributed by atoms with Gasteiger partial charge in [0, 0.05) is 25.5 Å². The van der Waals surface area contributed by atoms with Crippen LogP contribution in [0.3, 0.4) is 0 Å². The third kappa shape index (κ3) is 4.57. The van der Waals surface area contributed by atoms with Gasteiger partial charge in [0.15, 0.2) is 0 Å². The van der Waals surface area contributed by atoms with Crippen LogP contribution in [0.25, 0.3) is 0 Å². The highest BCUT2D eigenvalue weighted by Gasteiger charge is 2.42. The van der Waals surface area contributed by atoms with E-state index in [4.69, 9.17) is 9.47 Å². The molecule has 2 aliphatic rings. The first kappa shape index (κ1) is 17.9. The molecule has 3 heterocycles. The molecule has 134 valence electrons. The van der Waals surface area contributed by atoms with Gasteiger partial charge in [0.1, 0.15) is 6.61 Å². The smallest absolute Gasteiger partial charge is 0.248 e. The summed E-state index contributed by atoms with van der Waals surface area (Å²) < 4.78 is 11.5. The van der Waals surface area contributed by atoms with Gasteiger partial charge in [0.2, 0.25) is 5.91 Å². The van der Waals surface area contributed by atoms with Crippen molar-refractivity contribution in [2.24, 2.45) is 5.41 Å². The lowest BCUT2D eigenvalue weighted by atomic mass is 9.76. The predicted molar refractivity (Wildman–Crippen MR) is 95.1 cm³/mol. The van der Waals surface area contributed by atoms with Crippen molar-refractivity contribution in [2.45, 2.75) is 31.9 Å². The second-order valence-corrected chi connectivity index (χ2v) is 8.33. The van der Waals surface area contributed by atoms with Crippen LogP contribution in [0.1, 0.15) is 24.1 Å². The first-order valence-electron chi connectivity index (χ1n) is 8.71. The van der Waals surface area contributed by atoms with Gasteiger partial charge in [-0.05, 0) is 49.2 Å². The first-order valence-corrected chi connectivity index (χ1v) is 9.59. The molecular formula is C18H28N2O3S. The molecule has 1 spiro atoms. The maximum atomic E-state index is 11.5. The molecule has 1 aromatic heterocycles. The fourth-order valence-corrected chi connectivity index (χ4v) is 4.31. The monoisotopic (exact) mass is 352 g/mol. The van der Waals surface area contributed by atoms with Crippen molar-refractivity contribution in [3.8, 4) is 0 Å². The Bertz CT molecular complexity index is 524. The van der Waals surface area contributed by atoms with Gasteiger partial charge in [-0.2, -0.15) is 0 Å². The van der Waals surface area contributed by atoms with Crippen molar-refractivity contribution < 1.29 is 14.3 Å². The Hall–Kier alpha value is -0.950. The Balaban J connectivity index is 1.38. The molecular weight excluding hydrogens is 324 g/mol. The van der Waals surface area contributed by atoms with Gasteiger partial charge < -0.3 is 14.4 Å². The Labute approximate surface area is 148 Å². The van der Waals surface area contributed by atoms with E-state index < -0.39 is 0 Å². The molecule has 0 bridgehead atoms. The van der Waals surface area contributed by atoms with Crippen molar-refractivity contribution in [1.29, 1.82) is 0 Å². The van der Waals surface area contributed by atoms with E-state index in [1.807, 2.05) is 11.3 Å². The van der Waals surface area contributed by atoms with E-state index in [0.29, 0.717) is 12.0 Å². The summed E-state index contributed by atoms with van der Waals surface area (Å²) in [7, 11) is 3.49. The average molecular weight is 353 g/mol. The molecule has 5 nitrogen and oxygen atoms in total. The molecule has 3 rings (SSSR count). The van der Waals surface area contributed by atoms with Gasteiger partial charge in [-0.25, -0.2) is 0 Å². The minimum atomic E-state index is 0.00426. The fourth-order valence-electron chi connectivity index (χ4n) is 3.57. The highest BCUT2D eigenvalue weighted by molar-refractivity contribution is 7.09. The zero-order valence-corrected chi connectivity index (χ0v) is 15.5. The van der Waals surface area contributed by atoms with Crippen LogP contribution in [0.5, 0.6) is 0 Å². The SMILES string of the molecule is CN(C)C(=O)COC[C@@H]1CC2(CCN(Cc3cccs3)CC2)CO1. The summed E-state index contributed by atoms with van der Waals surface area (Å²) in [5, 5.41) is 2.15. The topological polar surface area (TPSA) is 42.0 Å². The molecule has 1 atom stereocenters. The summed E-state index contributed by atoms with van der Waals surface area (Å²) in [5.41, 5.74) is 0.325. The van der Waals surface area contributed by atoms with E-state index in [1.54, 1.807) is 19.0 Å². The number of hydrogen-bond donors (Lipinski definition) is 0.